The molecule has 0 aromatic heterocycles. The smallest absolute Gasteiger partial charge is 0.310 e. The topological polar surface area (TPSA) is 46.5 Å². The SMILES string of the molecule is CC1=CC[C@]2(Cl)[C@H]1[C@H]1OC(=O)C(CCl)[C@@H]1CC[C@]2(C)O. The molecule has 0 radical (unpaired) electrons. The van der Waals surface area contributed by atoms with E-state index in [-0.39, 0.29) is 35.7 Å². The Balaban J connectivity index is 2.04. The van der Waals surface area contributed by atoms with Crippen LogP contribution in [0.4, 0.5) is 0 Å². The molecule has 5 heteroatoms. The van der Waals surface area contributed by atoms with Crippen LogP contribution in [-0.4, -0.2) is 33.5 Å². The Hall–Kier alpha value is -0.250. The summed E-state index contributed by atoms with van der Waals surface area (Å²) in [5.74, 6) is -0.282. The van der Waals surface area contributed by atoms with E-state index in [2.05, 4.69) is 6.08 Å². The average Bonchev–Trinajstić information content (AvgIpc) is 2.82. The largest absolute Gasteiger partial charge is 0.461 e. The van der Waals surface area contributed by atoms with E-state index < -0.39 is 10.5 Å². The number of hydrogen-bond acceptors (Lipinski definition) is 3. The minimum absolute atomic E-state index is 0.0542. The molecule has 1 unspecified atom stereocenters. The Bertz CT molecular complexity index is 474. The Morgan fingerprint density at radius 1 is 1.55 bits per heavy atom. The number of halogens is 2. The summed E-state index contributed by atoms with van der Waals surface area (Å²) in [5.41, 5.74) is 0.140. The van der Waals surface area contributed by atoms with Crippen LogP contribution < -0.4 is 0 Å². The summed E-state index contributed by atoms with van der Waals surface area (Å²) in [7, 11) is 0. The third-order valence-electron chi connectivity index (χ3n) is 5.55. The van der Waals surface area contributed by atoms with Crippen molar-refractivity contribution in [2.45, 2.75) is 49.7 Å². The zero-order valence-corrected chi connectivity index (χ0v) is 13.2. The Morgan fingerprint density at radius 3 is 2.90 bits per heavy atom. The number of alkyl halides is 2. The van der Waals surface area contributed by atoms with Crippen LogP contribution in [0.25, 0.3) is 0 Å². The van der Waals surface area contributed by atoms with Crippen molar-refractivity contribution in [2.75, 3.05) is 5.88 Å². The number of esters is 1. The lowest BCUT2D eigenvalue weighted by molar-refractivity contribution is -0.146. The van der Waals surface area contributed by atoms with Crippen LogP contribution >= 0.6 is 23.2 Å². The van der Waals surface area contributed by atoms with Gasteiger partial charge >= 0.3 is 5.97 Å². The Labute approximate surface area is 129 Å². The van der Waals surface area contributed by atoms with Gasteiger partial charge < -0.3 is 9.84 Å². The fraction of sp³-hybridized carbons (Fsp3) is 0.800. The summed E-state index contributed by atoms with van der Waals surface area (Å²) in [4.78, 5) is 11.2. The van der Waals surface area contributed by atoms with E-state index in [0.717, 1.165) is 12.0 Å². The third kappa shape index (κ3) is 1.79. The molecule has 6 atom stereocenters. The molecule has 0 amide bonds. The van der Waals surface area contributed by atoms with Gasteiger partial charge in [0.1, 0.15) is 6.10 Å². The monoisotopic (exact) mass is 318 g/mol. The van der Waals surface area contributed by atoms with Gasteiger partial charge in [-0.05, 0) is 33.1 Å². The molecule has 1 aliphatic heterocycles. The molecule has 112 valence electrons. The predicted octanol–water partition coefficient (Wildman–Crippen LogP) is 2.87. The number of aliphatic hydroxyl groups is 1. The maximum absolute atomic E-state index is 12.0. The first-order valence-electron chi connectivity index (χ1n) is 7.16. The minimum Gasteiger partial charge on any atom is -0.461 e. The number of rotatable bonds is 1. The fourth-order valence-electron chi connectivity index (χ4n) is 4.22. The van der Waals surface area contributed by atoms with Gasteiger partial charge in [0.15, 0.2) is 0 Å². The quantitative estimate of drug-likeness (QED) is 0.459. The van der Waals surface area contributed by atoms with E-state index in [1.165, 1.54) is 0 Å². The number of carbonyl (C=O) groups excluding carboxylic acids is 1. The first-order chi connectivity index (χ1) is 9.32. The number of carbonyl (C=O) groups is 1. The van der Waals surface area contributed by atoms with E-state index in [9.17, 15) is 9.90 Å². The average molecular weight is 319 g/mol. The van der Waals surface area contributed by atoms with Crippen LogP contribution in [0, 0.1) is 17.8 Å². The van der Waals surface area contributed by atoms with Crippen LogP contribution in [0.1, 0.15) is 33.1 Å². The maximum Gasteiger partial charge on any atom is 0.310 e. The summed E-state index contributed by atoms with van der Waals surface area (Å²) in [5, 5.41) is 10.8. The summed E-state index contributed by atoms with van der Waals surface area (Å²) in [6.45, 7) is 3.81. The van der Waals surface area contributed by atoms with Crippen molar-refractivity contribution in [3.05, 3.63) is 11.6 Å². The molecule has 2 fully saturated rings. The van der Waals surface area contributed by atoms with E-state index in [0.29, 0.717) is 12.8 Å². The second-order valence-electron chi connectivity index (χ2n) is 6.63. The van der Waals surface area contributed by atoms with Crippen molar-refractivity contribution < 1.29 is 14.6 Å². The zero-order chi connectivity index (χ0) is 14.7. The predicted molar refractivity (Wildman–Crippen MR) is 77.9 cm³/mol. The van der Waals surface area contributed by atoms with Crippen molar-refractivity contribution >= 4 is 29.2 Å². The molecule has 0 spiro atoms. The molecule has 0 bridgehead atoms. The van der Waals surface area contributed by atoms with Gasteiger partial charge in [0.05, 0.1) is 16.4 Å². The molecule has 3 nitrogen and oxygen atoms in total. The van der Waals surface area contributed by atoms with Gasteiger partial charge in [0.25, 0.3) is 0 Å². The van der Waals surface area contributed by atoms with Crippen molar-refractivity contribution in [3.63, 3.8) is 0 Å². The molecule has 3 rings (SSSR count). The molecule has 1 heterocycles. The van der Waals surface area contributed by atoms with Crippen molar-refractivity contribution in [2.24, 2.45) is 17.8 Å². The lowest BCUT2D eigenvalue weighted by atomic mass is 9.75. The summed E-state index contributed by atoms with van der Waals surface area (Å²) in [6.07, 6.45) is 3.72. The van der Waals surface area contributed by atoms with Crippen LogP contribution in [0.3, 0.4) is 0 Å². The van der Waals surface area contributed by atoms with Crippen molar-refractivity contribution in [1.29, 1.82) is 0 Å². The molecular formula is C15H20Cl2O3. The van der Waals surface area contributed by atoms with Gasteiger partial charge in [-0.2, -0.15) is 0 Å². The lowest BCUT2D eigenvalue weighted by Crippen LogP contribution is -2.52. The van der Waals surface area contributed by atoms with Crippen LogP contribution in [0.15, 0.2) is 11.6 Å². The minimum atomic E-state index is -0.971. The van der Waals surface area contributed by atoms with Crippen molar-refractivity contribution in [3.8, 4) is 0 Å². The Morgan fingerprint density at radius 2 is 2.25 bits per heavy atom. The highest BCUT2D eigenvalue weighted by Gasteiger charge is 2.63. The van der Waals surface area contributed by atoms with Gasteiger partial charge in [-0.1, -0.05) is 11.6 Å². The lowest BCUT2D eigenvalue weighted by Gasteiger charge is -2.42. The second kappa shape index (κ2) is 4.62. The van der Waals surface area contributed by atoms with Crippen LogP contribution in [-0.2, 0) is 9.53 Å². The molecule has 2 aliphatic carbocycles. The molecule has 20 heavy (non-hydrogen) atoms. The normalized spacial score (nSPS) is 51.0. The maximum atomic E-state index is 12.0. The Kier molecular flexibility index (Phi) is 3.39. The van der Waals surface area contributed by atoms with Gasteiger partial charge in [-0.15, -0.1) is 23.2 Å². The summed E-state index contributed by atoms with van der Waals surface area (Å²) < 4.78 is 5.63. The number of allylic oxidation sites excluding steroid dienone is 1. The standard InChI is InChI=1S/C15H20Cl2O3/c1-8-3-6-15(17)11(8)12-9(4-5-14(15,2)19)10(7-16)13(18)20-12/h3,9-12,19H,4-7H2,1-2H3/t9-,10?,11+,12-,14-,15-/m0/s1. The molecule has 0 aromatic rings. The molecular weight excluding hydrogens is 299 g/mol. The highest BCUT2D eigenvalue weighted by Crippen LogP contribution is 2.57. The first-order valence-corrected chi connectivity index (χ1v) is 8.07. The molecule has 1 saturated carbocycles. The molecule has 3 aliphatic rings. The van der Waals surface area contributed by atoms with Gasteiger partial charge in [-0.25, -0.2) is 0 Å². The van der Waals surface area contributed by atoms with Crippen LogP contribution in [0.2, 0.25) is 0 Å². The fourth-order valence-corrected chi connectivity index (χ4v) is 5.05. The molecule has 1 N–H and O–H groups in total. The van der Waals surface area contributed by atoms with Gasteiger partial charge in [0.2, 0.25) is 0 Å². The van der Waals surface area contributed by atoms with Gasteiger partial charge in [-0.3, -0.25) is 4.79 Å². The van der Waals surface area contributed by atoms with Gasteiger partial charge in [0, 0.05) is 17.7 Å². The van der Waals surface area contributed by atoms with E-state index >= 15 is 0 Å². The molecule has 1 saturated heterocycles. The number of fused-ring (bicyclic) bond motifs is 3. The van der Waals surface area contributed by atoms with E-state index in [1.54, 1.807) is 6.92 Å². The highest BCUT2D eigenvalue weighted by molar-refractivity contribution is 6.25. The van der Waals surface area contributed by atoms with Crippen molar-refractivity contribution in [1.82, 2.24) is 0 Å². The third-order valence-corrected chi connectivity index (χ3v) is 6.68. The van der Waals surface area contributed by atoms with E-state index in [4.69, 9.17) is 27.9 Å². The molecule has 0 aromatic carbocycles. The van der Waals surface area contributed by atoms with Crippen LogP contribution in [0.5, 0.6) is 0 Å². The highest BCUT2D eigenvalue weighted by atomic mass is 35.5. The summed E-state index contributed by atoms with van der Waals surface area (Å²) in [6, 6.07) is 0. The van der Waals surface area contributed by atoms with E-state index in [1.807, 2.05) is 6.92 Å². The number of ether oxygens (including phenoxy) is 1. The second-order valence-corrected chi connectivity index (χ2v) is 7.61. The first kappa shape index (κ1) is 14.7. The zero-order valence-electron chi connectivity index (χ0n) is 11.7. The number of hydrogen-bond donors (Lipinski definition) is 1. The summed E-state index contributed by atoms with van der Waals surface area (Å²) >= 11 is 12.8.